The molecule has 4 nitrogen and oxygen atoms in total. The van der Waals surface area contributed by atoms with Gasteiger partial charge in [-0.2, -0.15) is 0 Å². The van der Waals surface area contributed by atoms with E-state index >= 15 is 0 Å². The molecule has 0 fully saturated rings. The summed E-state index contributed by atoms with van der Waals surface area (Å²) < 4.78 is 20.2. The number of ether oxygens (including phenoxy) is 1. The summed E-state index contributed by atoms with van der Waals surface area (Å²) in [4.78, 5) is 10.7. The molecule has 0 saturated carbocycles. The van der Waals surface area contributed by atoms with Gasteiger partial charge in [-0.05, 0) is 59.7 Å². The summed E-state index contributed by atoms with van der Waals surface area (Å²) in [6, 6.07) is 6.75. The van der Waals surface area contributed by atoms with Crippen LogP contribution in [0.3, 0.4) is 0 Å². The molecule has 2 aromatic rings. The van der Waals surface area contributed by atoms with Crippen LogP contribution in [0.2, 0.25) is 0 Å². The Hall–Kier alpha value is -2.56. The van der Waals surface area contributed by atoms with Crippen molar-refractivity contribution >= 4 is 5.97 Å². The highest BCUT2D eigenvalue weighted by atomic mass is 19.1. The van der Waals surface area contributed by atoms with Gasteiger partial charge in [-0.3, -0.25) is 0 Å². The number of aromatic hydroxyl groups is 1. The number of aliphatic carboxylic acids is 1. The Bertz CT molecular complexity index is 812. The quantitative estimate of drug-likeness (QED) is 0.758. The molecule has 2 rings (SSSR count). The molecule has 0 bridgehead atoms. The van der Waals surface area contributed by atoms with E-state index in [1.54, 1.807) is 18.2 Å². The molecule has 0 unspecified atom stereocenters. The lowest BCUT2D eigenvalue weighted by Crippen LogP contribution is -2.10. The molecule has 0 saturated heterocycles. The standard InChI is InChI=1S/C21H25FO4/c1-5-14-9-16(26-11-19(24)25)8-13(4)17(14)10-15-6-7-18(23)20(12(2)3)21(15)22/h6-9,12,23H,5,10-11H2,1-4H3,(H,24,25). The van der Waals surface area contributed by atoms with Crippen LogP contribution < -0.4 is 4.74 Å². The number of carbonyl (C=O) groups is 1. The van der Waals surface area contributed by atoms with Gasteiger partial charge in [0.25, 0.3) is 0 Å². The van der Waals surface area contributed by atoms with E-state index in [0.717, 1.165) is 23.1 Å². The predicted octanol–water partition coefficient (Wildman–Crippen LogP) is 4.58. The van der Waals surface area contributed by atoms with E-state index in [9.17, 15) is 14.3 Å². The monoisotopic (exact) mass is 360 g/mol. The van der Waals surface area contributed by atoms with Gasteiger partial charge in [0.2, 0.25) is 0 Å². The van der Waals surface area contributed by atoms with Crippen molar-refractivity contribution in [3.8, 4) is 11.5 Å². The number of hydrogen-bond donors (Lipinski definition) is 2. The van der Waals surface area contributed by atoms with Gasteiger partial charge in [0.1, 0.15) is 17.3 Å². The van der Waals surface area contributed by atoms with Crippen molar-refractivity contribution in [1.29, 1.82) is 0 Å². The summed E-state index contributed by atoms with van der Waals surface area (Å²) in [5.41, 5.74) is 3.77. The number of halogens is 1. The molecule has 5 heteroatoms. The number of hydrogen-bond acceptors (Lipinski definition) is 3. The number of phenolic OH excluding ortho intramolecular Hbond substituents is 1. The Morgan fingerprint density at radius 2 is 1.92 bits per heavy atom. The third-order valence-corrected chi connectivity index (χ3v) is 4.46. The molecule has 0 aliphatic carbocycles. The second kappa shape index (κ2) is 8.21. The van der Waals surface area contributed by atoms with Crippen LogP contribution in [0.5, 0.6) is 11.5 Å². The zero-order chi connectivity index (χ0) is 19.4. The topological polar surface area (TPSA) is 66.8 Å². The second-order valence-corrected chi connectivity index (χ2v) is 6.72. The number of benzene rings is 2. The van der Waals surface area contributed by atoms with Crippen LogP contribution in [-0.2, 0) is 17.6 Å². The van der Waals surface area contributed by atoms with Gasteiger partial charge in [-0.15, -0.1) is 0 Å². The maximum Gasteiger partial charge on any atom is 0.341 e. The van der Waals surface area contributed by atoms with Crippen molar-refractivity contribution < 1.29 is 24.1 Å². The Morgan fingerprint density at radius 1 is 1.23 bits per heavy atom. The maximum absolute atomic E-state index is 14.9. The first kappa shape index (κ1) is 19.8. The van der Waals surface area contributed by atoms with Crippen molar-refractivity contribution in [2.45, 2.75) is 46.5 Å². The minimum atomic E-state index is -1.03. The van der Waals surface area contributed by atoms with Crippen molar-refractivity contribution in [1.82, 2.24) is 0 Å². The van der Waals surface area contributed by atoms with E-state index in [0.29, 0.717) is 23.3 Å². The third kappa shape index (κ3) is 4.34. The molecule has 0 atom stereocenters. The van der Waals surface area contributed by atoms with E-state index in [-0.39, 0.29) is 17.5 Å². The molecular formula is C21H25FO4. The van der Waals surface area contributed by atoms with Gasteiger partial charge >= 0.3 is 5.97 Å². The van der Waals surface area contributed by atoms with E-state index in [4.69, 9.17) is 9.84 Å². The fraction of sp³-hybridized carbons (Fsp3) is 0.381. The highest BCUT2D eigenvalue weighted by Gasteiger charge is 2.18. The summed E-state index contributed by atoms with van der Waals surface area (Å²) in [5.74, 6) is -1.04. The van der Waals surface area contributed by atoms with E-state index < -0.39 is 12.6 Å². The molecule has 140 valence electrons. The van der Waals surface area contributed by atoms with Crippen LogP contribution in [0.1, 0.15) is 54.5 Å². The first-order valence-electron chi connectivity index (χ1n) is 8.71. The van der Waals surface area contributed by atoms with Gasteiger partial charge in [-0.25, -0.2) is 9.18 Å². The Morgan fingerprint density at radius 3 is 2.50 bits per heavy atom. The molecule has 26 heavy (non-hydrogen) atoms. The highest BCUT2D eigenvalue weighted by molar-refractivity contribution is 5.68. The maximum atomic E-state index is 14.9. The lowest BCUT2D eigenvalue weighted by Gasteiger charge is -2.17. The first-order chi connectivity index (χ1) is 12.2. The number of rotatable bonds is 7. The molecule has 2 N–H and O–H groups in total. The average Bonchev–Trinajstić information content (AvgIpc) is 2.56. The Kier molecular flexibility index (Phi) is 6.24. The zero-order valence-electron chi connectivity index (χ0n) is 15.6. The van der Waals surface area contributed by atoms with E-state index in [2.05, 4.69) is 0 Å². The molecule has 0 aromatic heterocycles. The summed E-state index contributed by atoms with van der Waals surface area (Å²) in [7, 11) is 0. The predicted molar refractivity (Wildman–Crippen MR) is 98.6 cm³/mol. The fourth-order valence-corrected chi connectivity index (χ4v) is 3.16. The van der Waals surface area contributed by atoms with Crippen LogP contribution >= 0.6 is 0 Å². The van der Waals surface area contributed by atoms with Crippen molar-refractivity contribution in [3.63, 3.8) is 0 Å². The van der Waals surface area contributed by atoms with Crippen LogP contribution in [0.15, 0.2) is 24.3 Å². The molecule has 0 heterocycles. The smallest absolute Gasteiger partial charge is 0.341 e. The minimum absolute atomic E-state index is 0.0221. The number of aryl methyl sites for hydroxylation is 2. The molecule has 0 amide bonds. The first-order valence-corrected chi connectivity index (χ1v) is 8.71. The number of carboxylic acid groups (broad SMARTS) is 1. The van der Waals surface area contributed by atoms with Crippen molar-refractivity contribution in [3.05, 3.63) is 57.9 Å². The van der Waals surface area contributed by atoms with Crippen molar-refractivity contribution in [2.24, 2.45) is 0 Å². The van der Waals surface area contributed by atoms with Gasteiger partial charge in [0.15, 0.2) is 6.61 Å². The SMILES string of the molecule is CCc1cc(OCC(=O)O)cc(C)c1Cc1ccc(O)c(C(C)C)c1F. The van der Waals surface area contributed by atoms with Gasteiger partial charge in [-0.1, -0.05) is 26.8 Å². The minimum Gasteiger partial charge on any atom is -0.508 e. The van der Waals surface area contributed by atoms with Crippen LogP contribution in [0, 0.1) is 12.7 Å². The summed E-state index contributed by atoms with van der Waals surface area (Å²) in [5, 5.41) is 18.7. The summed E-state index contributed by atoms with van der Waals surface area (Å²) in [6.07, 6.45) is 1.12. The molecular weight excluding hydrogens is 335 g/mol. The van der Waals surface area contributed by atoms with Crippen LogP contribution in [0.4, 0.5) is 4.39 Å². The zero-order valence-corrected chi connectivity index (χ0v) is 15.6. The van der Waals surface area contributed by atoms with E-state index in [1.807, 2.05) is 33.8 Å². The molecule has 2 aromatic carbocycles. The van der Waals surface area contributed by atoms with Crippen molar-refractivity contribution in [2.75, 3.05) is 6.61 Å². The summed E-state index contributed by atoms with van der Waals surface area (Å²) >= 11 is 0. The number of phenols is 1. The normalized spacial score (nSPS) is 11.0. The average molecular weight is 360 g/mol. The van der Waals surface area contributed by atoms with E-state index in [1.165, 1.54) is 0 Å². The molecule has 0 aliphatic rings. The second-order valence-electron chi connectivity index (χ2n) is 6.72. The molecule has 0 radical (unpaired) electrons. The van der Waals surface area contributed by atoms with Crippen LogP contribution in [-0.4, -0.2) is 22.8 Å². The molecule has 0 spiro atoms. The van der Waals surface area contributed by atoms with Gasteiger partial charge in [0, 0.05) is 12.0 Å². The number of carboxylic acids is 1. The Labute approximate surface area is 153 Å². The fourth-order valence-electron chi connectivity index (χ4n) is 3.16. The lowest BCUT2D eigenvalue weighted by atomic mass is 9.91. The van der Waals surface area contributed by atoms with Gasteiger partial charge in [0.05, 0.1) is 0 Å². The Balaban J connectivity index is 2.41. The van der Waals surface area contributed by atoms with Crippen LogP contribution in [0.25, 0.3) is 0 Å². The third-order valence-electron chi connectivity index (χ3n) is 4.46. The highest BCUT2D eigenvalue weighted by Crippen LogP contribution is 2.32. The summed E-state index contributed by atoms with van der Waals surface area (Å²) in [6.45, 7) is 7.19. The van der Waals surface area contributed by atoms with Gasteiger partial charge < -0.3 is 14.9 Å². The molecule has 0 aliphatic heterocycles. The largest absolute Gasteiger partial charge is 0.508 e. The lowest BCUT2D eigenvalue weighted by molar-refractivity contribution is -0.139.